The van der Waals surface area contributed by atoms with Gasteiger partial charge in [-0.3, -0.25) is 0 Å². The van der Waals surface area contributed by atoms with Crippen LogP contribution in [0.15, 0.2) is 12.1 Å². The molecule has 0 aliphatic heterocycles. The number of carboxylic acids is 1. The van der Waals surface area contributed by atoms with Crippen molar-refractivity contribution in [3.63, 3.8) is 0 Å². The van der Waals surface area contributed by atoms with Crippen molar-refractivity contribution >= 4 is 5.97 Å². The van der Waals surface area contributed by atoms with Crippen molar-refractivity contribution in [2.45, 2.75) is 40.0 Å². The molecule has 1 aromatic rings. The molecule has 1 aromatic carbocycles. The second kappa shape index (κ2) is 4.78. The zero-order valence-corrected chi connectivity index (χ0v) is 11.1. The number of hydrogen-bond acceptors (Lipinski definition) is 2. The van der Waals surface area contributed by atoms with Gasteiger partial charge in [-0.15, -0.1) is 0 Å². The Labute approximate surface area is 102 Å². The van der Waals surface area contributed by atoms with Crippen LogP contribution < -0.4 is 4.74 Å². The minimum Gasteiger partial charge on any atom is -0.493 e. The lowest BCUT2D eigenvalue weighted by Crippen LogP contribution is -2.16. The van der Waals surface area contributed by atoms with E-state index in [4.69, 9.17) is 9.84 Å². The van der Waals surface area contributed by atoms with Crippen LogP contribution in [0.25, 0.3) is 0 Å². The van der Waals surface area contributed by atoms with Gasteiger partial charge in [0.05, 0.1) is 12.2 Å². The van der Waals surface area contributed by atoms with E-state index in [1.807, 2.05) is 13.8 Å². The summed E-state index contributed by atoms with van der Waals surface area (Å²) in [5, 5.41) is 9.08. The molecular formula is C14H20O3. The van der Waals surface area contributed by atoms with Gasteiger partial charge in [0.25, 0.3) is 0 Å². The number of benzene rings is 1. The Balaban J connectivity index is 3.45. The summed E-state index contributed by atoms with van der Waals surface area (Å²) in [5.74, 6) is -0.0911. The zero-order chi connectivity index (χ0) is 13.2. The molecule has 0 atom stereocenters. The molecule has 0 aromatic heterocycles. The highest BCUT2D eigenvalue weighted by atomic mass is 16.5. The first-order chi connectivity index (χ1) is 7.77. The number of carboxylic acid groups (broad SMARTS) is 1. The number of aromatic carboxylic acids is 1. The molecule has 0 amide bonds. The lowest BCUT2D eigenvalue weighted by molar-refractivity contribution is 0.0696. The Bertz CT molecular complexity index is 428. The van der Waals surface area contributed by atoms with E-state index in [0.717, 1.165) is 16.9 Å². The predicted molar refractivity (Wildman–Crippen MR) is 68.0 cm³/mol. The average molecular weight is 236 g/mol. The maximum absolute atomic E-state index is 11.1. The van der Waals surface area contributed by atoms with E-state index in [9.17, 15) is 4.79 Å². The topological polar surface area (TPSA) is 46.5 Å². The molecule has 17 heavy (non-hydrogen) atoms. The first-order valence-electron chi connectivity index (χ1n) is 5.78. The van der Waals surface area contributed by atoms with E-state index < -0.39 is 5.97 Å². The molecule has 94 valence electrons. The van der Waals surface area contributed by atoms with Gasteiger partial charge in [0, 0.05) is 5.56 Å². The molecule has 1 rings (SSSR count). The molecular weight excluding hydrogens is 216 g/mol. The Hall–Kier alpha value is -1.51. The number of carbonyl (C=O) groups is 1. The maximum atomic E-state index is 11.1. The monoisotopic (exact) mass is 236 g/mol. The van der Waals surface area contributed by atoms with E-state index in [1.165, 1.54) is 0 Å². The average Bonchev–Trinajstić information content (AvgIpc) is 2.18. The Morgan fingerprint density at radius 1 is 1.35 bits per heavy atom. The van der Waals surface area contributed by atoms with Crippen molar-refractivity contribution in [3.8, 4) is 5.75 Å². The third-order valence-corrected chi connectivity index (χ3v) is 2.62. The van der Waals surface area contributed by atoms with Gasteiger partial charge in [-0.25, -0.2) is 4.79 Å². The van der Waals surface area contributed by atoms with Gasteiger partial charge in [-0.05, 0) is 37.0 Å². The molecule has 3 nitrogen and oxygen atoms in total. The highest BCUT2D eigenvalue weighted by Crippen LogP contribution is 2.35. The van der Waals surface area contributed by atoms with Crippen LogP contribution in [0.3, 0.4) is 0 Å². The smallest absolute Gasteiger partial charge is 0.335 e. The van der Waals surface area contributed by atoms with Gasteiger partial charge in [0.1, 0.15) is 5.75 Å². The lowest BCUT2D eigenvalue weighted by atomic mass is 9.84. The number of ether oxygens (including phenoxy) is 1. The van der Waals surface area contributed by atoms with Crippen LogP contribution in [-0.4, -0.2) is 17.7 Å². The summed E-state index contributed by atoms with van der Waals surface area (Å²) < 4.78 is 5.64. The highest BCUT2D eigenvalue weighted by molar-refractivity contribution is 5.88. The lowest BCUT2D eigenvalue weighted by Gasteiger charge is -2.24. The van der Waals surface area contributed by atoms with Gasteiger partial charge in [-0.2, -0.15) is 0 Å². The van der Waals surface area contributed by atoms with E-state index in [0.29, 0.717) is 12.2 Å². The van der Waals surface area contributed by atoms with Gasteiger partial charge in [0.15, 0.2) is 0 Å². The molecule has 0 aliphatic carbocycles. The van der Waals surface area contributed by atoms with Crippen molar-refractivity contribution in [1.29, 1.82) is 0 Å². The van der Waals surface area contributed by atoms with Crippen LogP contribution in [-0.2, 0) is 5.41 Å². The number of hydrogen-bond donors (Lipinski definition) is 1. The normalized spacial score (nSPS) is 11.4. The SMILES string of the molecule is CCOc1c(C)cc(C(=O)O)cc1C(C)(C)C. The van der Waals surface area contributed by atoms with Crippen LogP contribution in [0, 0.1) is 6.92 Å². The van der Waals surface area contributed by atoms with Gasteiger partial charge < -0.3 is 9.84 Å². The summed E-state index contributed by atoms with van der Waals surface area (Å²) in [6.45, 7) is 10.5. The summed E-state index contributed by atoms with van der Waals surface area (Å²) in [4.78, 5) is 11.1. The second-order valence-corrected chi connectivity index (χ2v) is 5.16. The van der Waals surface area contributed by atoms with Crippen LogP contribution in [0.1, 0.15) is 49.2 Å². The summed E-state index contributed by atoms with van der Waals surface area (Å²) in [7, 11) is 0. The van der Waals surface area contributed by atoms with E-state index in [-0.39, 0.29) is 5.41 Å². The molecule has 0 heterocycles. The molecule has 0 radical (unpaired) electrons. The van der Waals surface area contributed by atoms with Crippen molar-refractivity contribution in [3.05, 3.63) is 28.8 Å². The standard InChI is InChI=1S/C14H20O3/c1-6-17-12-9(2)7-10(13(15)16)8-11(12)14(3,4)5/h7-8H,6H2,1-5H3,(H,15,16). The van der Waals surface area contributed by atoms with Crippen molar-refractivity contribution in [2.24, 2.45) is 0 Å². The van der Waals surface area contributed by atoms with Gasteiger partial charge >= 0.3 is 5.97 Å². The third-order valence-electron chi connectivity index (χ3n) is 2.62. The van der Waals surface area contributed by atoms with Gasteiger partial charge in [-0.1, -0.05) is 20.8 Å². The molecule has 0 aliphatic rings. The highest BCUT2D eigenvalue weighted by Gasteiger charge is 2.22. The fourth-order valence-corrected chi connectivity index (χ4v) is 1.79. The van der Waals surface area contributed by atoms with Crippen LogP contribution in [0.5, 0.6) is 5.75 Å². The zero-order valence-electron chi connectivity index (χ0n) is 11.1. The third kappa shape index (κ3) is 2.99. The molecule has 0 saturated carbocycles. The fraction of sp³-hybridized carbons (Fsp3) is 0.500. The largest absolute Gasteiger partial charge is 0.493 e. The molecule has 0 bridgehead atoms. The number of aryl methyl sites for hydroxylation is 1. The Kier molecular flexibility index (Phi) is 3.81. The quantitative estimate of drug-likeness (QED) is 0.875. The molecule has 3 heteroatoms. The summed E-state index contributed by atoms with van der Waals surface area (Å²) in [5.41, 5.74) is 1.99. The fourth-order valence-electron chi connectivity index (χ4n) is 1.79. The van der Waals surface area contributed by atoms with Crippen molar-refractivity contribution in [2.75, 3.05) is 6.61 Å². The van der Waals surface area contributed by atoms with Crippen LogP contribution >= 0.6 is 0 Å². The summed E-state index contributed by atoms with van der Waals surface area (Å²) in [6.07, 6.45) is 0. The minimum absolute atomic E-state index is 0.138. The van der Waals surface area contributed by atoms with E-state index in [1.54, 1.807) is 12.1 Å². The molecule has 0 saturated heterocycles. The maximum Gasteiger partial charge on any atom is 0.335 e. The van der Waals surface area contributed by atoms with Crippen LogP contribution in [0.4, 0.5) is 0 Å². The minimum atomic E-state index is -0.901. The van der Waals surface area contributed by atoms with Crippen LogP contribution in [0.2, 0.25) is 0 Å². The first kappa shape index (κ1) is 13.6. The van der Waals surface area contributed by atoms with Crippen molar-refractivity contribution in [1.82, 2.24) is 0 Å². The molecule has 0 spiro atoms. The Morgan fingerprint density at radius 2 is 1.94 bits per heavy atom. The van der Waals surface area contributed by atoms with Gasteiger partial charge in [0.2, 0.25) is 0 Å². The molecule has 0 unspecified atom stereocenters. The van der Waals surface area contributed by atoms with Crippen molar-refractivity contribution < 1.29 is 14.6 Å². The van der Waals surface area contributed by atoms with E-state index >= 15 is 0 Å². The summed E-state index contributed by atoms with van der Waals surface area (Å²) in [6, 6.07) is 3.36. The first-order valence-corrected chi connectivity index (χ1v) is 5.78. The summed E-state index contributed by atoms with van der Waals surface area (Å²) >= 11 is 0. The molecule has 0 fully saturated rings. The van der Waals surface area contributed by atoms with E-state index in [2.05, 4.69) is 20.8 Å². The Morgan fingerprint density at radius 3 is 2.35 bits per heavy atom. The predicted octanol–water partition coefficient (Wildman–Crippen LogP) is 3.39. The second-order valence-electron chi connectivity index (χ2n) is 5.16. The molecule has 1 N–H and O–H groups in total. The number of rotatable bonds is 3.